The number of hydrogen-bond donors (Lipinski definition) is 0. The van der Waals surface area contributed by atoms with Crippen LogP contribution in [0.5, 0.6) is 0 Å². The molecule has 3 aromatic heterocycles. The second-order valence-electron chi connectivity index (χ2n) is 8.00. The van der Waals surface area contributed by atoms with Crippen LogP contribution in [0, 0.1) is 0 Å². The maximum atomic E-state index is 13.4. The van der Waals surface area contributed by atoms with Crippen LogP contribution in [-0.4, -0.2) is 46.1 Å². The van der Waals surface area contributed by atoms with E-state index < -0.39 is 66.7 Å². The first-order chi connectivity index (χ1) is 17.1. The van der Waals surface area contributed by atoms with Gasteiger partial charge < -0.3 is 9.47 Å². The standard InChI is InChI=1S/C21H16ClF6N5O3S/c1-3-37(35,36)14-6-10(15-17(22)32(2)19(31-15)21(26,27)28)8-30-16(14)18(34)33-5-4-12-13(33)7-11(9-29-12)20(23,24)25/h6-9H,3-5H2,1-2H3. The smallest absolute Gasteiger partial charge is 0.314 e. The SMILES string of the molecule is CCS(=O)(=O)c1cc(-c2nc(C(F)(F)F)n(C)c2Cl)cnc1C(=O)N1CCc2ncc(C(F)(F)F)cc21. The highest BCUT2D eigenvalue weighted by molar-refractivity contribution is 7.91. The number of carbonyl (C=O) groups excluding carboxylic acids is 1. The van der Waals surface area contributed by atoms with Crippen LogP contribution in [0.1, 0.15) is 34.5 Å². The summed E-state index contributed by atoms with van der Waals surface area (Å²) in [4.78, 5) is 24.8. The number of alkyl halides is 6. The molecule has 0 saturated carbocycles. The number of carbonyl (C=O) groups is 1. The van der Waals surface area contributed by atoms with Crippen molar-refractivity contribution in [3.05, 3.63) is 52.5 Å². The number of anilines is 1. The average Bonchev–Trinajstić information content (AvgIpc) is 3.38. The number of hydrogen-bond acceptors (Lipinski definition) is 6. The molecular formula is C21H16ClF6N5O3S. The lowest BCUT2D eigenvalue weighted by molar-refractivity contribution is -0.146. The van der Waals surface area contributed by atoms with Gasteiger partial charge in [0.2, 0.25) is 5.82 Å². The monoisotopic (exact) mass is 567 g/mol. The summed E-state index contributed by atoms with van der Waals surface area (Å²) in [7, 11) is -3.17. The van der Waals surface area contributed by atoms with Crippen LogP contribution in [0.15, 0.2) is 29.4 Å². The van der Waals surface area contributed by atoms with E-state index >= 15 is 0 Å². The first kappa shape index (κ1) is 26.9. The first-order valence-electron chi connectivity index (χ1n) is 10.5. The predicted octanol–water partition coefficient (Wildman–Crippen LogP) is 4.56. The number of sulfone groups is 1. The van der Waals surface area contributed by atoms with Crippen molar-refractivity contribution in [1.82, 2.24) is 19.5 Å². The van der Waals surface area contributed by atoms with Crippen LogP contribution >= 0.6 is 11.6 Å². The highest BCUT2D eigenvalue weighted by atomic mass is 35.5. The van der Waals surface area contributed by atoms with Gasteiger partial charge in [0.1, 0.15) is 16.5 Å². The molecule has 0 fully saturated rings. The lowest BCUT2D eigenvalue weighted by Crippen LogP contribution is -2.31. The summed E-state index contributed by atoms with van der Waals surface area (Å²) in [5.41, 5.74) is -2.27. The van der Waals surface area contributed by atoms with Gasteiger partial charge in [0.05, 0.1) is 27.6 Å². The fraction of sp³-hybridized carbons (Fsp3) is 0.333. The maximum absolute atomic E-state index is 13.4. The van der Waals surface area contributed by atoms with E-state index in [1.807, 2.05) is 0 Å². The molecule has 1 aliphatic heterocycles. The van der Waals surface area contributed by atoms with Crippen molar-refractivity contribution in [2.24, 2.45) is 7.05 Å². The van der Waals surface area contributed by atoms with Crippen LogP contribution < -0.4 is 4.90 Å². The first-order valence-corrected chi connectivity index (χ1v) is 12.5. The van der Waals surface area contributed by atoms with Gasteiger partial charge in [0, 0.05) is 38.0 Å². The lowest BCUT2D eigenvalue weighted by atomic mass is 10.2. The molecule has 0 aliphatic carbocycles. The fourth-order valence-electron chi connectivity index (χ4n) is 3.78. The van der Waals surface area contributed by atoms with Gasteiger partial charge in [-0.05, 0) is 12.1 Å². The zero-order valence-corrected chi connectivity index (χ0v) is 20.5. The molecular weight excluding hydrogens is 552 g/mol. The highest BCUT2D eigenvalue weighted by Crippen LogP contribution is 2.38. The van der Waals surface area contributed by atoms with Crippen LogP contribution in [-0.2, 0) is 35.7 Å². The van der Waals surface area contributed by atoms with E-state index in [0.29, 0.717) is 10.8 Å². The molecule has 0 spiro atoms. The zero-order valence-electron chi connectivity index (χ0n) is 18.9. The predicted molar refractivity (Wildman–Crippen MR) is 119 cm³/mol. The second-order valence-corrected chi connectivity index (χ2v) is 10.6. The van der Waals surface area contributed by atoms with Crippen molar-refractivity contribution < 1.29 is 39.6 Å². The summed E-state index contributed by atoms with van der Waals surface area (Å²) < 4.78 is 106. The van der Waals surface area contributed by atoms with Crippen molar-refractivity contribution in [1.29, 1.82) is 0 Å². The molecule has 8 nitrogen and oxygen atoms in total. The minimum atomic E-state index is -4.86. The molecule has 3 aromatic rings. The molecule has 0 aromatic carbocycles. The molecule has 0 unspecified atom stereocenters. The third-order valence-corrected chi connectivity index (χ3v) is 7.88. The lowest BCUT2D eigenvalue weighted by Gasteiger charge is -2.19. The number of halogens is 7. The van der Waals surface area contributed by atoms with Crippen molar-refractivity contribution in [2.45, 2.75) is 30.6 Å². The second kappa shape index (κ2) is 8.97. The molecule has 4 rings (SSSR count). The molecule has 0 radical (unpaired) electrons. The van der Waals surface area contributed by atoms with E-state index in [1.54, 1.807) is 0 Å². The number of imidazole rings is 1. The Morgan fingerprint density at radius 3 is 2.32 bits per heavy atom. The van der Waals surface area contributed by atoms with Gasteiger partial charge in [-0.2, -0.15) is 26.3 Å². The van der Waals surface area contributed by atoms with Gasteiger partial charge in [-0.15, -0.1) is 0 Å². The Morgan fingerprint density at radius 1 is 1.08 bits per heavy atom. The van der Waals surface area contributed by atoms with Gasteiger partial charge in [-0.1, -0.05) is 18.5 Å². The molecule has 0 bridgehead atoms. The normalized spacial score (nSPS) is 14.2. The van der Waals surface area contributed by atoms with E-state index in [9.17, 15) is 39.6 Å². The van der Waals surface area contributed by atoms with Crippen LogP contribution in [0.25, 0.3) is 11.3 Å². The molecule has 0 atom stereocenters. The molecule has 0 N–H and O–H groups in total. The Labute approximate surface area is 210 Å². The number of aromatic nitrogens is 4. The minimum Gasteiger partial charge on any atom is -0.314 e. The summed E-state index contributed by atoms with van der Waals surface area (Å²) >= 11 is 6.02. The topological polar surface area (TPSA) is 98.0 Å². The zero-order chi connectivity index (χ0) is 27.5. The number of amides is 1. The number of fused-ring (bicyclic) bond motifs is 1. The van der Waals surface area contributed by atoms with Crippen LogP contribution in [0.2, 0.25) is 5.15 Å². The van der Waals surface area contributed by atoms with E-state index in [2.05, 4.69) is 15.0 Å². The van der Waals surface area contributed by atoms with E-state index in [1.165, 1.54) is 6.92 Å². The summed E-state index contributed by atoms with van der Waals surface area (Å²) in [5.74, 6) is -2.85. The molecule has 37 heavy (non-hydrogen) atoms. The number of pyridine rings is 2. The van der Waals surface area contributed by atoms with Gasteiger partial charge in [0.25, 0.3) is 5.91 Å². The molecule has 0 saturated heterocycles. The average molecular weight is 568 g/mol. The summed E-state index contributed by atoms with van der Waals surface area (Å²) in [5, 5.41) is -0.452. The van der Waals surface area contributed by atoms with Crippen molar-refractivity contribution in [2.75, 3.05) is 17.2 Å². The number of rotatable bonds is 4. The highest BCUT2D eigenvalue weighted by Gasteiger charge is 2.39. The maximum Gasteiger partial charge on any atom is 0.449 e. The largest absolute Gasteiger partial charge is 0.449 e. The van der Waals surface area contributed by atoms with Crippen molar-refractivity contribution >= 4 is 33.0 Å². The van der Waals surface area contributed by atoms with Crippen molar-refractivity contribution in [3.8, 4) is 11.3 Å². The third-order valence-electron chi connectivity index (χ3n) is 5.71. The van der Waals surface area contributed by atoms with Crippen LogP contribution in [0.3, 0.4) is 0 Å². The van der Waals surface area contributed by atoms with Crippen molar-refractivity contribution in [3.63, 3.8) is 0 Å². The molecule has 1 aliphatic rings. The summed E-state index contributed by atoms with van der Waals surface area (Å²) in [6, 6.07) is 1.66. The molecule has 16 heteroatoms. The Morgan fingerprint density at radius 2 is 1.76 bits per heavy atom. The Balaban J connectivity index is 1.84. The van der Waals surface area contributed by atoms with E-state index in [-0.39, 0.29) is 29.9 Å². The Hall–Kier alpha value is -3.20. The molecule has 1 amide bonds. The molecule has 198 valence electrons. The quantitative estimate of drug-likeness (QED) is 0.429. The van der Waals surface area contributed by atoms with E-state index in [0.717, 1.165) is 30.3 Å². The minimum absolute atomic E-state index is 0.0848. The fourth-order valence-corrected chi connectivity index (χ4v) is 5.07. The summed E-state index contributed by atoms with van der Waals surface area (Å²) in [6.45, 7) is 1.19. The third kappa shape index (κ3) is 4.77. The van der Waals surface area contributed by atoms with E-state index in [4.69, 9.17) is 11.6 Å². The van der Waals surface area contributed by atoms with Gasteiger partial charge >= 0.3 is 12.4 Å². The number of nitrogens with zero attached hydrogens (tertiary/aromatic N) is 5. The molecule has 4 heterocycles. The van der Waals surface area contributed by atoms with Gasteiger partial charge in [0.15, 0.2) is 9.84 Å². The Kier molecular flexibility index (Phi) is 6.51. The summed E-state index contributed by atoms with van der Waals surface area (Å²) in [6.07, 6.45) is -7.90. The van der Waals surface area contributed by atoms with Gasteiger partial charge in [-0.3, -0.25) is 9.78 Å². The van der Waals surface area contributed by atoms with Crippen LogP contribution in [0.4, 0.5) is 32.0 Å². The van der Waals surface area contributed by atoms with Gasteiger partial charge in [-0.25, -0.2) is 18.4 Å². The Bertz CT molecular complexity index is 1520.